The largest absolute Gasteiger partial charge is 0.372 e. The van der Waals surface area contributed by atoms with Crippen LogP contribution in [0.15, 0.2) is 78.8 Å². The Bertz CT molecular complexity index is 1220. The highest BCUT2D eigenvalue weighted by Crippen LogP contribution is 2.32. The van der Waals surface area contributed by atoms with Gasteiger partial charge < -0.3 is 10.2 Å². The van der Waals surface area contributed by atoms with E-state index >= 15 is 0 Å². The molecule has 1 fully saturated rings. The first-order valence-electron chi connectivity index (χ1n) is 11.5. The summed E-state index contributed by atoms with van der Waals surface area (Å²) in [6.45, 7) is 2.22. The Labute approximate surface area is 197 Å². The van der Waals surface area contributed by atoms with Crippen molar-refractivity contribution in [3.05, 3.63) is 95.7 Å². The molecule has 34 heavy (non-hydrogen) atoms. The van der Waals surface area contributed by atoms with E-state index in [1.54, 1.807) is 24.5 Å². The van der Waals surface area contributed by atoms with Crippen molar-refractivity contribution in [2.45, 2.75) is 25.8 Å². The molecule has 1 N–H and O–H groups in total. The van der Waals surface area contributed by atoms with E-state index in [2.05, 4.69) is 15.2 Å². The summed E-state index contributed by atoms with van der Waals surface area (Å²) < 4.78 is 13.5. The second-order valence-corrected chi connectivity index (χ2v) is 8.53. The summed E-state index contributed by atoms with van der Waals surface area (Å²) >= 11 is 0. The van der Waals surface area contributed by atoms with Gasteiger partial charge in [-0.1, -0.05) is 12.1 Å². The van der Waals surface area contributed by atoms with E-state index in [1.807, 2.05) is 24.3 Å². The van der Waals surface area contributed by atoms with Crippen LogP contribution in [-0.2, 0) is 16.1 Å². The average molecular weight is 457 g/mol. The van der Waals surface area contributed by atoms with E-state index in [4.69, 9.17) is 0 Å². The van der Waals surface area contributed by atoms with Crippen molar-refractivity contribution in [3.8, 4) is 0 Å². The van der Waals surface area contributed by atoms with Crippen molar-refractivity contribution in [3.63, 3.8) is 0 Å². The first-order valence-corrected chi connectivity index (χ1v) is 11.5. The summed E-state index contributed by atoms with van der Waals surface area (Å²) in [5.74, 6) is -1.24. The second kappa shape index (κ2) is 9.47. The minimum atomic E-state index is -0.416. The molecular formula is C27H25FN4O2. The molecule has 0 bridgehead atoms. The van der Waals surface area contributed by atoms with Crippen LogP contribution in [0, 0.1) is 5.82 Å². The van der Waals surface area contributed by atoms with Crippen molar-refractivity contribution in [2.24, 2.45) is 0 Å². The molecule has 2 aromatic carbocycles. The van der Waals surface area contributed by atoms with E-state index in [-0.39, 0.29) is 17.8 Å². The minimum absolute atomic E-state index is 0.129. The van der Waals surface area contributed by atoms with Gasteiger partial charge in [0.25, 0.3) is 11.8 Å². The molecule has 0 unspecified atom stereocenters. The number of rotatable bonds is 6. The molecule has 2 amide bonds. The number of benzene rings is 2. The summed E-state index contributed by atoms with van der Waals surface area (Å²) in [5, 5.41) is 3.17. The average Bonchev–Trinajstić information content (AvgIpc) is 3.10. The number of carbonyl (C=O) groups excluding carboxylic acids is 2. The third-order valence-electron chi connectivity index (χ3n) is 6.25. The van der Waals surface area contributed by atoms with Crippen LogP contribution in [0.4, 0.5) is 15.8 Å². The number of halogens is 1. The van der Waals surface area contributed by atoms with Gasteiger partial charge in [-0.25, -0.2) is 4.39 Å². The van der Waals surface area contributed by atoms with Gasteiger partial charge in [-0.15, -0.1) is 0 Å². The normalized spacial score (nSPS) is 16.4. The highest BCUT2D eigenvalue weighted by atomic mass is 19.1. The Kier molecular flexibility index (Phi) is 6.08. The number of nitrogens with one attached hydrogen (secondary N) is 1. The monoisotopic (exact) mass is 456 g/mol. The Balaban J connectivity index is 1.45. The van der Waals surface area contributed by atoms with E-state index in [1.165, 1.54) is 48.4 Å². The molecule has 1 aromatic heterocycles. The number of amides is 2. The van der Waals surface area contributed by atoms with Gasteiger partial charge in [0.15, 0.2) is 0 Å². The molecule has 7 heteroatoms. The van der Waals surface area contributed by atoms with Crippen LogP contribution >= 0.6 is 0 Å². The quantitative estimate of drug-likeness (QED) is 0.549. The van der Waals surface area contributed by atoms with Gasteiger partial charge in [0, 0.05) is 36.9 Å². The maximum Gasteiger partial charge on any atom is 0.278 e. The molecule has 2 aliphatic heterocycles. The van der Waals surface area contributed by atoms with Crippen LogP contribution in [0.5, 0.6) is 0 Å². The van der Waals surface area contributed by atoms with Gasteiger partial charge in [0.2, 0.25) is 0 Å². The summed E-state index contributed by atoms with van der Waals surface area (Å²) in [6.07, 6.45) is 6.90. The number of aromatic nitrogens is 1. The van der Waals surface area contributed by atoms with Gasteiger partial charge in [-0.2, -0.15) is 0 Å². The van der Waals surface area contributed by atoms with Crippen molar-refractivity contribution in [1.29, 1.82) is 0 Å². The van der Waals surface area contributed by atoms with E-state index < -0.39 is 17.6 Å². The highest BCUT2D eigenvalue weighted by molar-refractivity contribution is 6.36. The Morgan fingerprint density at radius 2 is 1.50 bits per heavy atom. The predicted octanol–water partition coefficient (Wildman–Crippen LogP) is 4.60. The third-order valence-corrected chi connectivity index (χ3v) is 6.25. The fourth-order valence-corrected chi connectivity index (χ4v) is 4.44. The molecule has 0 atom stereocenters. The SMILES string of the molecule is O=C1C(Nc2ccc(N3CCCCC3)cc2)=C(c2ccc(F)cc2)C(=O)N1Cc1ccncc1. The van der Waals surface area contributed by atoms with Crippen molar-refractivity contribution in [1.82, 2.24) is 9.88 Å². The molecule has 172 valence electrons. The van der Waals surface area contributed by atoms with Gasteiger partial charge >= 0.3 is 0 Å². The van der Waals surface area contributed by atoms with Crippen LogP contribution < -0.4 is 10.2 Å². The van der Waals surface area contributed by atoms with Gasteiger partial charge in [0.05, 0.1) is 12.1 Å². The molecule has 6 nitrogen and oxygen atoms in total. The summed E-state index contributed by atoms with van der Waals surface area (Å²) in [4.78, 5) is 34.3. The lowest BCUT2D eigenvalue weighted by Gasteiger charge is -2.28. The number of pyridine rings is 1. The van der Waals surface area contributed by atoms with Crippen molar-refractivity contribution in [2.75, 3.05) is 23.3 Å². The van der Waals surface area contributed by atoms with Crippen LogP contribution in [0.2, 0.25) is 0 Å². The van der Waals surface area contributed by atoms with Crippen LogP contribution in [-0.4, -0.2) is 34.8 Å². The van der Waals surface area contributed by atoms with Gasteiger partial charge in [-0.3, -0.25) is 19.5 Å². The lowest BCUT2D eigenvalue weighted by atomic mass is 10.0. The molecule has 0 saturated carbocycles. The Hall–Kier alpha value is -4.00. The minimum Gasteiger partial charge on any atom is -0.372 e. The van der Waals surface area contributed by atoms with Crippen LogP contribution in [0.3, 0.4) is 0 Å². The summed E-state index contributed by atoms with van der Waals surface area (Å²) in [6, 6.07) is 17.0. The number of anilines is 2. The molecule has 3 heterocycles. The standard InChI is InChI=1S/C27H25FN4O2/c28-21-6-4-20(5-7-21)24-25(27(34)32(26(24)33)18-19-12-14-29-15-13-19)30-22-8-10-23(11-9-22)31-16-2-1-3-17-31/h4-15,30H,1-3,16-18H2. The van der Waals surface area contributed by atoms with E-state index in [0.29, 0.717) is 11.3 Å². The number of hydrogen-bond donors (Lipinski definition) is 1. The molecule has 0 spiro atoms. The van der Waals surface area contributed by atoms with Crippen LogP contribution in [0.25, 0.3) is 5.57 Å². The fraction of sp³-hybridized carbons (Fsp3) is 0.222. The molecule has 2 aliphatic rings. The third kappa shape index (κ3) is 4.41. The zero-order valence-electron chi connectivity index (χ0n) is 18.7. The molecular weight excluding hydrogens is 431 g/mol. The number of hydrogen-bond acceptors (Lipinski definition) is 5. The lowest BCUT2D eigenvalue weighted by Crippen LogP contribution is -2.32. The topological polar surface area (TPSA) is 65.5 Å². The molecule has 0 aliphatic carbocycles. The first-order chi connectivity index (χ1) is 16.6. The van der Waals surface area contributed by atoms with Crippen LogP contribution in [0.1, 0.15) is 30.4 Å². The van der Waals surface area contributed by atoms with E-state index in [9.17, 15) is 14.0 Å². The number of nitrogens with zero attached hydrogens (tertiary/aromatic N) is 3. The second-order valence-electron chi connectivity index (χ2n) is 8.53. The zero-order valence-corrected chi connectivity index (χ0v) is 18.7. The van der Waals surface area contributed by atoms with Gasteiger partial charge in [-0.05, 0) is 78.9 Å². The molecule has 0 radical (unpaired) electrons. The smallest absolute Gasteiger partial charge is 0.278 e. The maximum atomic E-state index is 13.5. The molecule has 1 saturated heterocycles. The first kappa shape index (κ1) is 21.8. The predicted molar refractivity (Wildman–Crippen MR) is 129 cm³/mol. The maximum absolute atomic E-state index is 13.5. The van der Waals surface area contributed by atoms with Gasteiger partial charge in [0.1, 0.15) is 11.5 Å². The summed E-state index contributed by atoms with van der Waals surface area (Å²) in [5.41, 5.74) is 3.57. The summed E-state index contributed by atoms with van der Waals surface area (Å²) in [7, 11) is 0. The lowest BCUT2D eigenvalue weighted by molar-refractivity contribution is -0.137. The van der Waals surface area contributed by atoms with E-state index in [0.717, 1.165) is 24.3 Å². The molecule has 5 rings (SSSR count). The highest BCUT2D eigenvalue weighted by Gasteiger charge is 2.39. The number of piperidine rings is 1. The van der Waals surface area contributed by atoms with Crippen molar-refractivity contribution < 1.29 is 14.0 Å². The Morgan fingerprint density at radius 3 is 2.18 bits per heavy atom. The fourth-order valence-electron chi connectivity index (χ4n) is 4.44. The number of imide groups is 1. The van der Waals surface area contributed by atoms with Crippen molar-refractivity contribution >= 4 is 28.8 Å². The zero-order chi connectivity index (χ0) is 23.5. The Morgan fingerprint density at radius 1 is 0.824 bits per heavy atom. The molecule has 3 aromatic rings. The number of carbonyl (C=O) groups is 2.